The van der Waals surface area contributed by atoms with E-state index in [9.17, 15) is 20.1 Å². The average molecular weight is 754 g/mol. The number of Topliss-reactive ketones (excluding diaryl/α,β-unsaturated/α-hetero) is 1. The number of aliphatic hydroxyl groups excluding tert-OH is 3. The Labute approximate surface area is 327 Å². The maximum atomic E-state index is 13.1. The molecule has 0 amide bonds. The minimum absolute atomic E-state index is 0.0149. The number of quaternary nitrogens is 1. The van der Waals surface area contributed by atoms with Crippen molar-refractivity contribution < 1.29 is 34.5 Å². The van der Waals surface area contributed by atoms with Crippen LogP contribution in [0.2, 0.25) is 0 Å². The van der Waals surface area contributed by atoms with E-state index in [0.717, 1.165) is 75.2 Å². The third-order valence-corrected chi connectivity index (χ3v) is 13.0. The van der Waals surface area contributed by atoms with Gasteiger partial charge in [-0.3, -0.25) is 19.7 Å². The van der Waals surface area contributed by atoms with Crippen molar-refractivity contribution in [2.24, 2.45) is 38.9 Å². The zero-order valence-corrected chi connectivity index (χ0v) is 31.7. The number of aryl methyl sites for hydroxylation is 1. The number of ketones is 1. The lowest BCUT2D eigenvalue weighted by Gasteiger charge is -2.36. The van der Waals surface area contributed by atoms with Crippen molar-refractivity contribution in [1.82, 2.24) is 0 Å². The van der Waals surface area contributed by atoms with Gasteiger partial charge in [0.15, 0.2) is 11.5 Å². The second-order valence-electron chi connectivity index (χ2n) is 16.6. The molecule has 1 fully saturated rings. The molecule has 2 bridgehead atoms. The second kappa shape index (κ2) is 14.9. The van der Waals surface area contributed by atoms with Gasteiger partial charge in [-0.05, 0) is 77.1 Å². The molecule has 7 aliphatic rings. The summed E-state index contributed by atoms with van der Waals surface area (Å²) < 4.78 is 13.3. The Morgan fingerprint density at radius 2 is 1.93 bits per heavy atom. The molecule has 0 aromatic heterocycles. The topological polar surface area (TPSA) is 151 Å². The van der Waals surface area contributed by atoms with Crippen molar-refractivity contribution in [3.05, 3.63) is 93.3 Å². The lowest BCUT2D eigenvalue weighted by molar-refractivity contribution is -0.891. The van der Waals surface area contributed by atoms with Crippen LogP contribution in [0.25, 0.3) is 0 Å². The minimum Gasteiger partial charge on any atom is -0.437 e. The van der Waals surface area contributed by atoms with Crippen LogP contribution in [0.5, 0.6) is 11.5 Å². The van der Waals surface area contributed by atoms with Crippen LogP contribution in [0.1, 0.15) is 92.0 Å². The number of aliphatic imine (C=N–C) groups is 2. The molecule has 2 aromatic carbocycles. The monoisotopic (exact) mass is 753 g/mol. The van der Waals surface area contributed by atoms with Gasteiger partial charge in [0.25, 0.3) is 6.23 Å². The van der Waals surface area contributed by atoms with Crippen LogP contribution < -0.4 is 20.1 Å². The number of nitrogens with zero attached hydrogens (tertiary/aromatic N) is 2. The molecule has 10 nitrogen and oxygen atoms in total. The largest absolute Gasteiger partial charge is 0.437 e. The van der Waals surface area contributed by atoms with Gasteiger partial charge < -0.3 is 30.5 Å². The Hall–Kier alpha value is -4.81. The molecule has 10 heteroatoms. The summed E-state index contributed by atoms with van der Waals surface area (Å²) in [6, 6.07) is 9.64. The van der Waals surface area contributed by atoms with E-state index in [1.165, 1.54) is 0 Å². The first kappa shape index (κ1) is 36.8. The number of hydrogen-bond donors (Lipinski definition) is 5. The summed E-state index contributed by atoms with van der Waals surface area (Å²) in [6.07, 6.45) is 15.4. The Kier molecular flexibility index (Phi) is 9.81. The van der Waals surface area contributed by atoms with E-state index < -0.39 is 42.0 Å². The van der Waals surface area contributed by atoms with E-state index in [4.69, 9.17) is 20.2 Å². The van der Waals surface area contributed by atoms with Crippen LogP contribution in [0.3, 0.4) is 0 Å². The van der Waals surface area contributed by atoms with Gasteiger partial charge >= 0.3 is 0 Å². The SMILES string of the molecule is CC1C=CC(C(O)CC(=O)CCc2ccc3c(c2)OC2C(C#CC(O)c4ccc5c(c4CC4=C6C[NH+]2C=C6N=C4)CC=NC5N)C2(C#CO3)CCCC2)C(O)C1. The van der Waals surface area contributed by atoms with Gasteiger partial charge in [-0.25, -0.2) is 0 Å². The highest BCUT2D eigenvalue weighted by Gasteiger charge is 2.51. The Bertz CT molecular complexity index is 2230. The molecular weight excluding hydrogens is 705 g/mol. The predicted molar refractivity (Wildman–Crippen MR) is 211 cm³/mol. The van der Waals surface area contributed by atoms with Crippen LogP contribution in [0, 0.1) is 47.0 Å². The number of rotatable bonds is 6. The molecule has 2 aliphatic carbocycles. The minimum atomic E-state index is -1.05. The van der Waals surface area contributed by atoms with Gasteiger partial charge in [-0.15, -0.1) is 0 Å². The summed E-state index contributed by atoms with van der Waals surface area (Å²) in [4.78, 5) is 23.5. The first-order valence-corrected chi connectivity index (χ1v) is 20.2. The summed E-state index contributed by atoms with van der Waals surface area (Å²) in [5, 5.41) is 33.3. The van der Waals surface area contributed by atoms with Crippen LogP contribution in [-0.2, 0) is 24.1 Å². The highest BCUT2D eigenvalue weighted by atomic mass is 16.5. The van der Waals surface area contributed by atoms with E-state index >= 15 is 0 Å². The second-order valence-corrected chi connectivity index (χ2v) is 16.6. The smallest absolute Gasteiger partial charge is 0.252 e. The van der Waals surface area contributed by atoms with Crippen molar-refractivity contribution >= 4 is 18.2 Å². The molecule has 5 aliphatic heterocycles. The van der Waals surface area contributed by atoms with Crippen molar-refractivity contribution in [3.63, 3.8) is 0 Å². The van der Waals surface area contributed by atoms with Gasteiger partial charge in [0.05, 0.1) is 17.6 Å². The normalized spacial score (nSPS) is 30.8. The van der Waals surface area contributed by atoms with E-state index in [0.29, 0.717) is 43.7 Å². The fourth-order valence-electron chi connectivity index (χ4n) is 9.84. The number of aliphatic hydroxyl groups is 3. The standard InChI is InChI=1S/C46H48N4O6/c1-27-4-8-34(40(53)20-27)41(54)23-30(51)7-5-28-6-13-42-43(21-28)56-45-37(46(17-19-55-42)15-2-3-16-46)11-12-39(52)32-9-10-33-31(14-18-48-44(33)47)35(32)22-29-24-49-38-26-50(45)25-36(29)38/h4,6,8-10,13,18,21,24,26-27,34,37,39-41,44-45,52-54H,2-3,5,7,14-16,20,22-23,25,47H2,1H3/p+1. The molecule has 9 atom stereocenters. The van der Waals surface area contributed by atoms with Gasteiger partial charge in [0.1, 0.15) is 48.5 Å². The Morgan fingerprint density at radius 1 is 1.09 bits per heavy atom. The molecule has 288 valence electrons. The average Bonchev–Trinajstić information content (AvgIpc) is 3.92. The fourth-order valence-corrected chi connectivity index (χ4v) is 9.84. The van der Waals surface area contributed by atoms with Gasteiger partial charge in [-0.1, -0.05) is 67.9 Å². The molecule has 9 rings (SSSR count). The number of benzene rings is 2. The van der Waals surface area contributed by atoms with Crippen molar-refractivity contribution in [2.45, 2.75) is 102 Å². The first-order valence-electron chi connectivity index (χ1n) is 20.2. The number of hydrogen-bond acceptors (Lipinski definition) is 9. The summed E-state index contributed by atoms with van der Waals surface area (Å²) >= 11 is 0. The summed E-state index contributed by atoms with van der Waals surface area (Å²) in [5.41, 5.74) is 13.9. The van der Waals surface area contributed by atoms with Crippen molar-refractivity contribution in [2.75, 3.05) is 6.54 Å². The molecule has 6 N–H and O–H groups in total. The lowest BCUT2D eigenvalue weighted by Crippen LogP contribution is -3.12. The van der Waals surface area contributed by atoms with E-state index in [1.54, 1.807) is 0 Å². The zero-order chi connectivity index (χ0) is 38.6. The zero-order valence-electron chi connectivity index (χ0n) is 31.7. The van der Waals surface area contributed by atoms with Crippen molar-refractivity contribution in [1.29, 1.82) is 0 Å². The van der Waals surface area contributed by atoms with Crippen LogP contribution in [-0.4, -0.2) is 58.5 Å². The molecule has 0 saturated heterocycles. The number of carbonyl (C=O) groups excluding carboxylic acids is 1. The maximum Gasteiger partial charge on any atom is 0.252 e. The van der Waals surface area contributed by atoms with E-state index in [2.05, 4.69) is 35.1 Å². The molecule has 56 heavy (non-hydrogen) atoms. The molecule has 0 radical (unpaired) electrons. The van der Waals surface area contributed by atoms with Gasteiger partial charge in [-0.2, -0.15) is 0 Å². The van der Waals surface area contributed by atoms with Gasteiger partial charge in [0, 0.05) is 49.6 Å². The van der Waals surface area contributed by atoms with E-state index in [1.807, 2.05) is 61.8 Å². The molecule has 2 aromatic rings. The van der Waals surface area contributed by atoms with E-state index in [-0.39, 0.29) is 30.5 Å². The van der Waals surface area contributed by atoms with Crippen LogP contribution in [0.15, 0.2) is 75.5 Å². The molecule has 1 spiro atoms. The third-order valence-electron chi connectivity index (χ3n) is 13.0. The number of fused-ring (bicyclic) bond motifs is 8. The predicted octanol–water partition coefficient (Wildman–Crippen LogP) is 3.75. The number of ether oxygens (including phenoxy) is 2. The Balaban J connectivity index is 1.05. The van der Waals surface area contributed by atoms with Crippen LogP contribution >= 0.6 is 0 Å². The molecule has 9 unspecified atom stereocenters. The molecule has 1 saturated carbocycles. The first-order chi connectivity index (χ1) is 27.2. The summed E-state index contributed by atoms with van der Waals surface area (Å²) in [7, 11) is 0. The highest BCUT2D eigenvalue weighted by Crippen LogP contribution is 2.47. The molecular formula is C46H49N4O6+. The number of nitrogens with two attached hydrogens (primary N) is 1. The lowest BCUT2D eigenvalue weighted by atomic mass is 9.73. The quantitative estimate of drug-likeness (QED) is 0.223. The van der Waals surface area contributed by atoms with Gasteiger partial charge in [0.2, 0.25) is 0 Å². The third kappa shape index (κ3) is 6.84. The fraction of sp³-hybridized carbons (Fsp3) is 0.457. The molecule has 5 heterocycles. The Morgan fingerprint density at radius 3 is 2.77 bits per heavy atom. The number of carbonyl (C=O) groups is 1. The van der Waals surface area contributed by atoms with Crippen molar-refractivity contribution in [3.8, 4) is 35.4 Å². The van der Waals surface area contributed by atoms with Crippen LogP contribution in [0.4, 0.5) is 0 Å². The maximum absolute atomic E-state index is 13.1. The summed E-state index contributed by atoms with van der Waals surface area (Å²) in [5.74, 6) is 10.8. The summed E-state index contributed by atoms with van der Waals surface area (Å²) in [6.45, 7) is 2.68. The number of nitrogens with one attached hydrogen (secondary N) is 1. The highest BCUT2D eigenvalue weighted by molar-refractivity contribution is 5.87. The number of allylic oxidation sites excluding steroid dienone is 2.